The van der Waals surface area contributed by atoms with E-state index in [-0.39, 0.29) is 24.8 Å². The molecule has 0 fully saturated rings. The number of hydrogen-bond acceptors (Lipinski definition) is 4. The molecule has 0 spiro atoms. The van der Waals surface area contributed by atoms with Crippen molar-refractivity contribution in [2.45, 2.75) is 6.42 Å². The summed E-state index contributed by atoms with van der Waals surface area (Å²) in [5.41, 5.74) is 12.4. The highest BCUT2D eigenvalue weighted by molar-refractivity contribution is 6.04. The zero-order valence-corrected chi connectivity index (χ0v) is 13.5. The van der Waals surface area contributed by atoms with Gasteiger partial charge in [-0.15, -0.1) is 0 Å². The minimum absolute atomic E-state index is 0.0642. The Labute approximate surface area is 138 Å². The largest absolute Gasteiger partial charge is 0.397 e. The summed E-state index contributed by atoms with van der Waals surface area (Å²) in [6, 6.07) is 3.11. The lowest BCUT2D eigenvalue weighted by atomic mass is 10.3. The molecule has 6 N–H and O–H groups in total. The molecule has 0 aliphatic carbocycles. The second-order valence-electron chi connectivity index (χ2n) is 5.42. The molecule has 2 aromatic heterocycles. The second-order valence-corrected chi connectivity index (χ2v) is 5.42. The third-order valence-electron chi connectivity index (χ3n) is 3.41. The number of anilines is 2. The molecule has 0 unspecified atom stereocenters. The molecule has 2 rings (SSSR count). The molecule has 0 atom stereocenters. The van der Waals surface area contributed by atoms with Crippen molar-refractivity contribution >= 4 is 29.1 Å². The molecule has 0 aliphatic rings. The van der Waals surface area contributed by atoms with Crippen molar-refractivity contribution in [1.29, 1.82) is 0 Å². The first-order valence-corrected chi connectivity index (χ1v) is 7.24. The maximum absolute atomic E-state index is 12.2. The van der Waals surface area contributed by atoms with Gasteiger partial charge in [-0.05, 0) is 12.1 Å². The van der Waals surface area contributed by atoms with Gasteiger partial charge < -0.3 is 31.2 Å². The Morgan fingerprint density at radius 1 is 1.04 bits per heavy atom. The van der Waals surface area contributed by atoms with E-state index in [1.807, 2.05) is 0 Å². The van der Waals surface area contributed by atoms with Crippen LogP contribution in [-0.4, -0.2) is 33.4 Å². The Morgan fingerprint density at radius 3 is 2.25 bits per heavy atom. The summed E-state index contributed by atoms with van der Waals surface area (Å²) >= 11 is 0. The van der Waals surface area contributed by atoms with Gasteiger partial charge in [-0.3, -0.25) is 14.4 Å². The van der Waals surface area contributed by atoms with Crippen LogP contribution in [0.4, 0.5) is 11.4 Å². The Hall–Kier alpha value is -3.23. The van der Waals surface area contributed by atoms with Crippen LogP contribution in [0.25, 0.3) is 0 Å². The minimum atomic E-state index is -0.489. The first kappa shape index (κ1) is 17.1. The predicted octanol–water partition coefficient (Wildman–Crippen LogP) is -0.197. The van der Waals surface area contributed by atoms with E-state index in [0.29, 0.717) is 22.8 Å². The quantitative estimate of drug-likeness (QED) is 0.582. The van der Waals surface area contributed by atoms with E-state index in [1.54, 1.807) is 47.8 Å². The van der Waals surface area contributed by atoms with Crippen LogP contribution in [0, 0.1) is 0 Å². The fourth-order valence-corrected chi connectivity index (χ4v) is 2.26. The van der Waals surface area contributed by atoms with E-state index >= 15 is 0 Å². The standard InChI is InChI=1S/C15H20N6O3/c1-20-7-9(16)5-11(20)15(24)19-10-6-12(21(2)8-10)14(23)18-4-3-13(17)22/h5-8H,3-4,16H2,1-2H3,(H2,17,22)(H,18,23)(H,19,24). The first-order valence-electron chi connectivity index (χ1n) is 7.24. The number of aromatic nitrogens is 2. The lowest BCUT2D eigenvalue weighted by Crippen LogP contribution is -2.29. The maximum Gasteiger partial charge on any atom is 0.272 e. The number of nitrogens with one attached hydrogen (secondary N) is 2. The summed E-state index contributed by atoms with van der Waals surface area (Å²) in [5.74, 6) is -1.18. The van der Waals surface area contributed by atoms with Gasteiger partial charge in [0.15, 0.2) is 0 Å². The number of carbonyl (C=O) groups excluding carboxylic acids is 3. The van der Waals surface area contributed by atoms with Crippen LogP contribution in [0.2, 0.25) is 0 Å². The van der Waals surface area contributed by atoms with Gasteiger partial charge in [0, 0.05) is 39.5 Å². The molecule has 9 heteroatoms. The number of amides is 3. The number of nitrogen functional groups attached to an aromatic ring is 1. The zero-order valence-electron chi connectivity index (χ0n) is 13.5. The molecule has 2 heterocycles. The molecule has 0 saturated carbocycles. The number of hydrogen-bond donors (Lipinski definition) is 4. The second kappa shape index (κ2) is 6.90. The van der Waals surface area contributed by atoms with Gasteiger partial charge in [0.2, 0.25) is 5.91 Å². The number of carbonyl (C=O) groups is 3. The van der Waals surface area contributed by atoms with Crippen molar-refractivity contribution in [2.75, 3.05) is 17.6 Å². The molecule has 0 bridgehead atoms. The van der Waals surface area contributed by atoms with Crippen LogP contribution < -0.4 is 22.1 Å². The van der Waals surface area contributed by atoms with E-state index in [1.165, 1.54) is 0 Å². The zero-order chi connectivity index (χ0) is 17.9. The molecule has 0 saturated heterocycles. The number of nitrogens with two attached hydrogens (primary N) is 2. The maximum atomic E-state index is 12.2. The topological polar surface area (TPSA) is 137 Å². The van der Waals surface area contributed by atoms with E-state index in [4.69, 9.17) is 11.5 Å². The fourth-order valence-electron chi connectivity index (χ4n) is 2.26. The number of nitrogens with zero attached hydrogens (tertiary/aromatic N) is 2. The van der Waals surface area contributed by atoms with Crippen molar-refractivity contribution in [3.8, 4) is 0 Å². The molecule has 0 aliphatic heterocycles. The normalized spacial score (nSPS) is 10.4. The fraction of sp³-hybridized carbons (Fsp3) is 0.267. The van der Waals surface area contributed by atoms with Crippen LogP contribution in [0.3, 0.4) is 0 Å². The highest BCUT2D eigenvalue weighted by Crippen LogP contribution is 2.16. The summed E-state index contributed by atoms with van der Waals surface area (Å²) in [7, 11) is 3.40. The highest BCUT2D eigenvalue weighted by atomic mass is 16.2. The van der Waals surface area contributed by atoms with Crippen molar-refractivity contribution in [1.82, 2.24) is 14.5 Å². The van der Waals surface area contributed by atoms with Crippen LogP contribution in [0.1, 0.15) is 27.4 Å². The third-order valence-corrected chi connectivity index (χ3v) is 3.41. The first-order chi connectivity index (χ1) is 11.3. The van der Waals surface area contributed by atoms with Gasteiger partial charge in [-0.1, -0.05) is 0 Å². The van der Waals surface area contributed by atoms with Gasteiger partial charge in [-0.25, -0.2) is 0 Å². The monoisotopic (exact) mass is 332 g/mol. The van der Waals surface area contributed by atoms with Gasteiger partial charge in [-0.2, -0.15) is 0 Å². The summed E-state index contributed by atoms with van der Waals surface area (Å²) < 4.78 is 3.19. The van der Waals surface area contributed by atoms with Crippen molar-refractivity contribution in [3.63, 3.8) is 0 Å². The molecular weight excluding hydrogens is 312 g/mol. The molecule has 128 valence electrons. The number of rotatable bonds is 6. The molecule has 9 nitrogen and oxygen atoms in total. The average molecular weight is 332 g/mol. The van der Waals surface area contributed by atoms with E-state index in [9.17, 15) is 14.4 Å². The summed E-state index contributed by atoms with van der Waals surface area (Å²) in [4.78, 5) is 35.0. The van der Waals surface area contributed by atoms with Crippen LogP contribution >= 0.6 is 0 Å². The van der Waals surface area contributed by atoms with Crippen LogP contribution in [0.15, 0.2) is 24.5 Å². The Morgan fingerprint density at radius 2 is 1.67 bits per heavy atom. The van der Waals surface area contributed by atoms with Gasteiger partial charge in [0.25, 0.3) is 11.8 Å². The molecule has 24 heavy (non-hydrogen) atoms. The lowest BCUT2D eigenvalue weighted by molar-refractivity contribution is -0.117. The van der Waals surface area contributed by atoms with E-state index < -0.39 is 5.91 Å². The Kier molecular flexibility index (Phi) is 4.93. The molecule has 0 radical (unpaired) electrons. The van der Waals surface area contributed by atoms with Crippen molar-refractivity contribution in [3.05, 3.63) is 35.9 Å². The van der Waals surface area contributed by atoms with Crippen LogP contribution in [-0.2, 0) is 18.9 Å². The smallest absolute Gasteiger partial charge is 0.272 e. The Bertz CT molecular complexity index is 789. The van der Waals surface area contributed by atoms with Crippen LogP contribution in [0.5, 0.6) is 0 Å². The van der Waals surface area contributed by atoms with Crippen molar-refractivity contribution < 1.29 is 14.4 Å². The minimum Gasteiger partial charge on any atom is -0.397 e. The summed E-state index contributed by atoms with van der Waals surface area (Å²) in [6.45, 7) is 0.156. The SMILES string of the molecule is Cn1cc(NC(=O)c2cc(N)cn2C)cc1C(=O)NCCC(N)=O. The van der Waals surface area contributed by atoms with Crippen molar-refractivity contribution in [2.24, 2.45) is 19.8 Å². The third kappa shape index (κ3) is 3.94. The number of primary amides is 1. The van der Waals surface area contributed by atoms with E-state index in [0.717, 1.165) is 0 Å². The van der Waals surface area contributed by atoms with Gasteiger partial charge in [0.05, 0.1) is 11.4 Å². The summed E-state index contributed by atoms with van der Waals surface area (Å²) in [5, 5.41) is 5.30. The predicted molar refractivity (Wildman–Crippen MR) is 89.3 cm³/mol. The molecule has 3 amide bonds. The number of aryl methyl sites for hydroxylation is 2. The van der Waals surface area contributed by atoms with Gasteiger partial charge >= 0.3 is 0 Å². The van der Waals surface area contributed by atoms with Gasteiger partial charge in [0.1, 0.15) is 11.4 Å². The average Bonchev–Trinajstić information content (AvgIpc) is 3.00. The molecule has 2 aromatic rings. The van der Waals surface area contributed by atoms with E-state index in [2.05, 4.69) is 10.6 Å². The molecule has 0 aromatic carbocycles. The lowest BCUT2D eigenvalue weighted by Gasteiger charge is -2.04. The summed E-state index contributed by atoms with van der Waals surface area (Å²) in [6.07, 6.45) is 3.32. The highest BCUT2D eigenvalue weighted by Gasteiger charge is 2.15. The molecular formula is C15H20N6O3. The Balaban J connectivity index is 2.05.